The first-order chi connectivity index (χ1) is 13.2. The molecule has 1 unspecified atom stereocenters. The van der Waals surface area contributed by atoms with Gasteiger partial charge in [0.05, 0.1) is 18.4 Å². The molecule has 146 valence electrons. The Bertz CT molecular complexity index is 1080. The third-order valence-corrected chi connectivity index (χ3v) is 4.10. The second-order valence-electron chi connectivity index (χ2n) is 6.23. The SMILES string of the molecule is CC1CNC(=O)c2cnn3ccc(nc23)Nc2cc(F)cc(C(F)(F)F)c2O1. The second kappa shape index (κ2) is 6.36. The molecule has 1 atom stereocenters. The number of alkyl halides is 3. The lowest BCUT2D eigenvalue weighted by molar-refractivity contribution is -0.139. The van der Waals surface area contributed by atoms with Crippen LogP contribution < -0.4 is 15.4 Å². The number of benzene rings is 1. The minimum atomic E-state index is -4.84. The molecule has 28 heavy (non-hydrogen) atoms. The van der Waals surface area contributed by atoms with Crippen LogP contribution in [0, 0.1) is 5.82 Å². The monoisotopic (exact) mass is 395 g/mol. The second-order valence-corrected chi connectivity index (χ2v) is 6.23. The van der Waals surface area contributed by atoms with E-state index in [1.165, 1.54) is 29.9 Å². The highest BCUT2D eigenvalue weighted by atomic mass is 19.4. The van der Waals surface area contributed by atoms with Crippen LogP contribution in [0.5, 0.6) is 5.75 Å². The number of carbonyl (C=O) groups is 1. The molecule has 0 saturated carbocycles. The molecule has 0 fully saturated rings. The van der Waals surface area contributed by atoms with E-state index in [0.29, 0.717) is 6.07 Å². The molecule has 4 rings (SSSR count). The van der Waals surface area contributed by atoms with Crippen LogP contribution in [0.1, 0.15) is 22.8 Å². The van der Waals surface area contributed by atoms with Crippen LogP contribution in [0.15, 0.2) is 30.6 Å². The van der Waals surface area contributed by atoms with Gasteiger partial charge in [-0.25, -0.2) is 13.9 Å². The number of aromatic nitrogens is 3. The maximum Gasteiger partial charge on any atom is 0.420 e. The van der Waals surface area contributed by atoms with Gasteiger partial charge in [0.25, 0.3) is 5.91 Å². The van der Waals surface area contributed by atoms with E-state index < -0.39 is 35.3 Å². The molecular weight excluding hydrogens is 382 g/mol. The molecule has 0 spiro atoms. The van der Waals surface area contributed by atoms with Gasteiger partial charge in [0, 0.05) is 12.3 Å². The summed E-state index contributed by atoms with van der Waals surface area (Å²) in [5.41, 5.74) is -1.11. The fourth-order valence-electron chi connectivity index (χ4n) is 2.84. The van der Waals surface area contributed by atoms with Crippen LogP contribution in [0.2, 0.25) is 0 Å². The van der Waals surface area contributed by atoms with Crippen molar-refractivity contribution in [1.29, 1.82) is 0 Å². The summed E-state index contributed by atoms with van der Waals surface area (Å²) in [5.74, 6) is -2.06. The molecule has 2 aromatic heterocycles. The summed E-state index contributed by atoms with van der Waals surface area (Å²) < 4.78 is 61.0. The zero-order valence-corrected chi connectivity index (χ0v) is 14.3. The van der Waals surface area contributed by atoms with E-state index in [1.54, 1.807) is 0 Å². The quantitative estimate of drug-likeness (QED) is 0.572. The highest BCUT2D eigenvalue weighted by molar-refractivity contribution is 5.99. The Kier molecular flexibility index (Phi) is 4.09. The van der Waals surface area contributed by atoms with Crippen molar-refractivity contribution in [3.63, 3.8) is 0 Å². The van der Waals surface area contributed by atoms with E-state index >= 15 is 0 Å². The Morgan fingerprint density at radius 1 is 1.32 bits per heavy atom. The highest BCUT2D eigenvalue weighted by Crippen LogP contribution is 2.42. The van der Waals surface area contributed by atoms with Crippen molar-refractivity contribution >= 4 is 23.1 Å². The number of rotatable bonds is 0. The van der Waals surface area contributed by atoms with E-state index in [0.717, 1.165) is 6.07 Å². The standard InChI is InChI=1S/C17H13F4N5O2/c1-8-6-22-16(27)10-7-23-26-3-2-13(25-15(10)26)24-12-5-9(18)4-11(14(12)28-8)17(19,20)21/h2-5,7-8H,6H2,1H3,(H,22,27)(H,24,25). The third kappa shape index (κ3) is 3.19. The normalized spacial score (nSPS) is 17.2. The molecule has 0 saturated heterocycles. The molecule has 7 nitrogen and oxygen atoms in total. The minimum Gasteiger partial charge on any atom is -0.486 e. The fourth-order valence-corrected chi connectivity index (χ4v) is 2.84. The lowest BCUT2D eigenvalue weighted by Gasteiger charge is -2.23. The summed E-state index contributed by atoms with van der Waals surface area (Å²) in [6, 6.07) is 2.69. The van der Waals surface area contributed by atoms with Crippen molar-refractivity contribution in [2.75, 3.05) is 11.9 Å². The Morgan fingerprint density at radius 3 is 2.86 bits per heavy atom. The van der Waals surface area contributed by atoms with E-state index in [2.05, 4.69) is 20.7 Å². The van der Waals surface area contributed by atoms with Gasteiger partial charge >= 0.3 is 6.18 Å². The van der Waals surface area contributed by atoms with Gasteiger partial charge in [-0.1, -0.05) is 0 Å². The van der Waals surface area contributed by atoms with Gasteiger partial charge < -0.3 is 15.4 Å². The third-order valence-electron chi connectivity index (χ3n) is 4.10. The van der Waals surface area contributed by atoms with Gasteiger partial charge in [0.1, 0.15) is 28.9 Å². The first-order valence-electron chi connectivity index (χ1n) is 8.19. The number of carbonyl (C=O) groups excluding carboxylic acids is 1. The Hall–Kier alpha value is -3.37. The number of hydrogen-bond donors (Lipinski definition) is 2. The zero-order chi connectivity index (χ0) is 20.1. The molecule has 1 aliphatic rings. The molecular formula is C17H13F4N5O2. The molecule has 1 aromatic carbocycles. The summed E-state index contributed by atoms with van der Waals surface area (Å²) in [6.45, 7) is 1.41. The highest BCUT2D eigenvalue weighted by Gasteiger charge is 2.37. The van der Waals surface area contributed by atoms with Crippen LogP contribution >= 0.6 is 0 Å². The first-order valence-corrected chi connectivity index (χ1v) is 8.19. The van der Waals surface area contributed by atoms with E-state index in [9.17, 15) is 22.4 Å². The number of ether oxygens (including phenoxy) is 1. The first kappa shape index (κ1) is 18.0. The molecule has 0 aliphatic carbocycles. The van der Waals surface area contributed by atoms with Crippen molar-refractivity contribution in [1.82, 2.24) is 19.9 Å². The van der Waals surface area contributed by atoms with E-state index in [-0.39, 0.29) is 29.3 Å². The van der Waals surface area contributed by atoms with Crippen LogP contribution in [0.4, 0.5) is 29.1 Å². The maximum absolute atomic E-state index is 13.9. The zero-order valence-electron chi connectivity index (χ0n) is 14.3. The number of hydrogen-bond acceptors (Lipinski definition) is 5. The van der Waals surface area contributed by atoms with Gasteiger partial charge in [-0.15, -0.1) is 0 Å². The molecule has 1 amide bonds. The molecule has 2 N–H and O–H groups in total. The van der Waals surface area contributed by atoms with Gasteiger partial charge in [-0.05, 0) is 19.1 Å². The minimum absolute atomic E-state index is 0.0794. The van der Waals surface area contributed by atoms with Gasteiger partial charge in [-0.2, -0.15) is 18.3 Å². The van der Waals surface area contributed by atoms with Crippen molar-refractivity contribution in [2.45, 2.75) is 19.2 Å². The molecule has 1 aliphatic heterocycles. The van der Waals surface area contributed by atoms with Crippen molar-refractivity contribution < 1.29 is 27.1 Å². The van der Waals surface area contributed by atoms with Crippen molar-refractivity contribution in [3.8, 4) is 5.75 Å². The number of halogens is 4. The summed E-state index contributed by atoms with van der Waals surface area (Å²) >= 11 is 0. The van der Waals surface area contributed by atoms with Crippen LogP contribution in [-0.4, -0.2) is 33.2 Å². The van der Waals surface area contributed by atoms with Gasteiger partial charge in [0.2, 0.25) is 0 Å². The lowest BCUT2D eigenvalue weighted by atomic mass is 10.1. The summed E-state index contributed by atoms with van der Waals surface area (Å²) in [7, 11) is 0. The van der Waals surface area contributed by atoms with E-state index in [4.69, 9.17) is 4.74 Å². The van der Waals surface area contributed by atoms with Gasteiger partial charge in [0.15, 0.2) is 11.4 Å². The fraction of sp³-hybridized carbons (Fsp3) is 0.235. The number of anilines is 2. The predicted molar refractivity (Wildman–Crippen MR) is 90.1 cm³/mol. The Morgan fingerprint density at radius 2 is 2.11 bits per heavy atom. The number of amides is 1. The average molecular weight is 395 g/mol. The van der Waals surface area contributed by atoms with Gasteiger partial charge in [-0.3, -0.25) is 4.79 Å². The summed E-state index contributed by atoms with van der Waals surface area (Å²) in [6.07, 6.45) is -2.87. The lowest BCUT2D eigenvalue weighted by Crippen LogP contribution is -2.34. The number of nitrogens with one attached hydrogen (secondary N) is 2. The topological polar surface area (TPSA) is 80.6 Å². The van der Waals surface area contributed by atoms with E-state index in [1.807, 2.05) is 0 Å². The molecule has 2 bridgehead atoms. The van der Waals surface area contributed by atoms with Crippen molar-refractivity contribution in [2.24, 2.45) is 0 Å². The average Bonchev–Trinajstić information content (AvgIpc) is 3.03. The van der Waals surface area contributed by atoms with Crippen LogP contribution in [0.3, 0.4) is 0 Å². The molecule has 0 radical (unpaired) electrons. The largest absolute Gasteiger partial charge is 0.486 e. The molecule has 3 aromatic rings. The number of fused-ring (bicyclic) bond motifs is 2. The summed E-state index contributed by atoms with van der Waals surface area (Å²) in [4.78, 5) is 16.6. The predicted octanol–water partition coefficient (Wildman–Crippen LogP) is 3.14. The van der Waals surface area contributed by atoms with Crippen LogP contribution in [0.25, 0.3) is 5.65 Å². The smallest absolute Gasteiger partial charge is 0.420 e. The summed E-state index contributed by atoms with van der Waals surface area (Å²) in [5, 5.41) is 9.24. The molecule has 11 heteroatoms. The van der Waals surface area contributed by atoms with Crippen LogP contribution in [-0.2, 0) is 6.18 Å². The Balaban J connectivity index is 1.92. The maximum atomic E-state index is 13.9. The number of nitrogens with zero attached hydrogens (tertiary/aromatic N) is 3. The molecule has 3 heterocycles. The van der Waals surface area contributed by atoms with Crippen molar-refractivity contribution in [3.05, 3.63) is 47.5 Å². The Labute approximate surface area is 155 Å².